The number of carbonyl (C=O) groups excluding carboxylic acids is 3. The molecule has 32 heavy (non-hydrogen) atoms. The molecule has 3 N–H and O–H groups in total. The monoisotopic (exact) mass is 430 g/mol. The van der Waals surface area contributed by atoms with Crippen LogP contribution in [0.4, 0.5) is 5.69 Å². The SMILES string of the molecule is O=C1CCC(N2Cc3cccc(CNc4ccc(C5=CCNCC5)cc4)c3C2=O)C(=O)N1. The second-order valence-electron chi connectivity index (χ2n) is 8.47. The van der Waals surface area contributed by atoms with E-state index in [1.54, 1.807) is 4.90 Å². The summed E-state index contributed by atoms with van der Waals surface area (Å²) in [6, 6.07) is 13.6. The highest BCUT2D eigenvalue weighted by Gasteiger charge is 2.39. The minimum absolute atomic E-state index is 0.139. The summed E-state index contributed by atoms with van der Waals surface area (Å²) in [5.74, 6) is -0.797. The van der Waals surface area contributed by atoms with E-state index in [-0.39, 0.29) is 24.1 Å². The van der Waals surface area contributed by atoms with Crippen LogP contribution in [0.1, 0.15) is 46.3 Å². The van der Waals surface area contributed by atoms with Crippen molar-refractivity contribution in [3.8, 4) is 0 Å². The zero-order chi connectivity index (χ0) is 22.1. The third kappa shape index (κ3) is 3.91. The van der Waals surface area contributed by atoms with Crippen molar-refractivity contribution in [2.24, 2.45) is 0 Å². The quantitative estimate of drug-likeness (QED) is 0.634. The van der Waals surface area contributed by atoms with Gasteiger partial charge in [-0.1, -0.05) is 36.4 Å². The van der Waals surface area contributed by atoms with Crippen molar-refractivity contribution < 1.29 is 14.4 Å². The van der Waals surface area contributed by atoms with Gasteiger partial charge in [-0.15, -0.1) is 0 Å². The number of hydrogen-bond acceptors (Lipinski definition) is 5. The summed E-state index contributed by atoms with van der Waals surface area (Å²) in [4.78, 5) is 38.5. The molecule has 3 amide bonds. The fourth-order valence-electron chi connectivity index (χ4n) is 4.72. The van der Waals surface area contributed by atoms with Gasteiger partial charge < -0.3 is 15.5 Å². The number of rotatable bonds is 5. The van der Waals surface area contributed by atoms with Crippen LogP contribution in [0.2, 0.25) is 0 Å². The lowest BCUT2D eigenvalue weighted by molar-refractivity contribution is -0.136. The predicted molar refractivity (Wildman–Crippen MR) is 122 cm³/mol. The third-order valence-electron chi connectivity index (χ3n) is 6.44. The zero-order valence-corrected chi connectivity index (χ0v) is 17.8. The van der Waals surface area contributed by atoms with Gasteiger partial charge in [-0.25, -0.2) is 0 Å². The van der Waals surface area contributed by atoms with Gasteiger partial charge in [0.15, 0.2) is 0 Å². The average molecular weight is 431 g/mol. The Balaban J connectivity index is 1.29. The van der Waals surface area contributed by atoms with Gasteiger partial charge >= 0.3 is 0 Å². The van der Waals surface area contributed by atoms with E-state index in [9.17, 15) is 14.4 Å². The van der Waals surface area contributed by atoms with Gasteiger partial charge in [0.25, 0.3) is 5.91 Å². The number of piperidine rings is 1. The fourth-order valence-corrected chi connectivity index (χ4v) is 4.72. The van der Waals surface area contributed by atoms with Crippen LogP contribution >= 0.6 is 0 Å². The summed E-state index contributed by atoms with van der Waals surface area (Å²) in [5.41, 5.74) is 6.11. The molecule has 1 atom stereocenters. The molecule has 3 aliphatic heterocycles. The Hall–Kier alpha value is -3.45. The normalized spacial score (nSPS) is 20.6. The molecule has 0 saturated carbocycles. The molecular weight excluding hydrogens is 404 g/mol. The van der Waals surface area contributed by atoms with E-state index in [1.807, 2.05) is 18.2 Å². The van der Waals surface area contributed by atoms with Crippen LogP contribution in [0, 0.1) is 0 Å². The Morgan fingerprint density at radius 1 is 1.03 bits per heavy atom. The molecule has 0 spiro atoms. The van der Waals surface area contributed by atoms with Crippen LogP contribution in [-0.2, 0) is 22.7 Å². The number of fused-ring (bicyclic) bond motifs is 1. The molecule has 3 heterocycles. The van der Waals surface area contributed by atoms with Crippen LogP contribution in [0.15, 0.2) is 48.5 Å². The maximum atomic E-state index is 13.2. The van der Waals surface area contributed by atoms with Crippen LogP contribution < -0.4 is 16.0 Å². The highest BCUT2D eigenvalue weighted by atomic mass is 16.2. The summed E-state index contributed by atoms with van der Waals surface area (Å²) >= 11 is 0. The molecule has 1 fully saturated rings. The second-order valence-corrected chi connectivity index (χ2v) is 8.47. The van der Waals surface area contributed by atoms with Crippen molar-refractivity contribution in [1.82, 2.24) is 15.5 Å². The predicted octanol–water partition coefficient (Wildman–Crippen LogP) is 2.44. The summed E-state index contributed by atoms with van der Waals surface area (Å²) in [7, 11) is 0. The van der Waals surface area contributed by atoms with E-state index in [2.05, 4.69) is 46.3 Å². The largest absolute Gasteiger partial charge is 0.381 e. The van der Waals surface area contributed by atoms with Crippen LogP contribution in [0.5, 0.6) is 0 Å². The van der Waals surface area contributed by atoms with Crippen LogP contribution in [0.25, 0.3) is 5.57 Å². The molecule has 0 aliphatic carbocycles. The summed E-state index contributed by atoms with van der Waals surface area (Å²) in [5, 5.41) is 9.11. The van der Waals surface area contributed by atoms with Crippen molar-refractivity contribution in [2.75, 3.05) is 18.4 Å². The molecule has 0 radical (unpaired) electrons. The topological polar surface area (TPSA) is 90.5 Å². The van der Waals surface area contributed by atoms with Crippen molar-refractivity contribution in [1.29, 1.82) is 0 Å². The molecule has 2 aromatic rings. The van der Waals surface area contributed by atoms with Crippen molar-refractivity contribution in [2.45, 2.75) is 38.4 Å². The van der Waals surface area contributed by atoms with E-state index >= 15 is 0 Å². The Kier molecular flexibility index (Phi) is 5.49. The lowest BCUT2D eigenvalue weighted by Gasteiger charge is -2.29. The molecule has 7 heteroatoms. The highest BCUT2D eigenvalue weighted by molar-refractivity contribution is 6.06. The Bertz CT molecular complexity index is 1110. The lowest BCUT2D eigenvalue weighted by atomic mass is 10.00. The Morgan fingerprint density at radius 3 is 2.62 bits per heavy atom. The molecule has 1 saturated heterocycles. The molecule has 7 nitrogen and oxygen atoms in total. The molecule has 164 valence electrons. The Morgan fingerprint density at radius 2 is 1.88 bits per heavy atom. The van der Waals surface area contributed by atoms with E-state index in [4.69, 9.17) is 0 Å². The first-order chi connectivity index (χ1) is 15.6. The van der Waals surface area contributed by atoms with Gasteiger partial charge in [0.05, 0.1) is 0 Å². The minimum Gasteiger partial charge on any atom is -0.381 e. The maximum Gasteiger partial charge on any atom is 0.255 e. The van der Waals surface area contributed by atoms with Crippen molar-refractivity contribution >= 4 is 29.0 Å². The molecule has 0 aromatic heterocycles. The minimum atomic E-state index is -0.592. The fraction of sp³-hybridized carbons (Fsp3) is 0.320. The molecule has 0 bridgehead atoms. The van der Waals surface area contributed by atoms with Crippen molar-refractivity contribution in [3.63, 3.8) is 0 Å². The van der Waals surface area contributed by atoms with E-state index in [0.29, 0.717) is 25.1 Å². The Labute approximate surface area is 186 Å². The van der Waals surface area contributed by atoms with E-state index < -0.39 is 6.04 Å². The van der Waals surface area contributed by atoms with Crippen LogP contribution in [-0.4, -0.2) is 41.8 Å². The van der Waals surface area contributed by atoms with Crippen molar-refractivity contribution in [3.05, 3.63) is 70.8 Å². The highest BCUT2D eigenvalue weighted by Crippen LogP contribution is 2.30. The van der Waals surface area contributed by atoms with Gasteiger partial charge in [-0.05, 0) is 53.8 Å². The number of nitrogens with zero attached hydrogens (tertiary/aromatic N) is 1. The molecule has 1 unspecified atom stereocenters. The number of anilines is 1. The van der Waals surface area contributed by atoms with Gasteiger partial charge in [0.1, 0.15) is 6.04 Å². The summed E-state index contributed by atoms with van der Waals surface area (Å²) < 4.78 is 0. The van der Waals surface area contributed by atoms with Crippen LogP contribution in [0.3, 0.4) is 0 Å². The van der Waals surface area contributed by atoms with E-state index in [0.717, 1.165) is 36.3 Å². The van der Waals surface area contributed by atoms with Gasteiger partial charge in [-0.2, -0.15) is 0 Å². The molecular formula is C25H26N4O3. The van der Waals surface area contributed by atoms with Gasteiger partial charge in [-0.3, -0.25) is 19.7 Å². The molecule has 2 aromatic carbocycles. The summed E-state index contributed by atoms with van der Waals surface area (Å²) in [6.07, 6.45) is 3.90. The lowest BCUT2D eigenvalue weighted by Crippen LogP contribution is -2.52. The van der Waals surface area contributed by atoms with E-state index in [1.165, 1.54) is 11.1 Å². The number of hydrogen-bond donors (Lipinski definition) is 3. The number of imide groups is 1. The molecule has 3 aliphatic rings. The average Bonchev–Trinajstić information content (AvgIpc) is 3.15. The first kappa shape index (κ1) is 20.5. The first-order valence-corrected chi connectivity index (χ1v) is 11.1. The smallest absolute Gasteiger partial charge is 0.255 e. The maximum absolute atomic E-state index is 13.2. The first-order valence-electron chi connectivity index (χ1n) is 11.1. The number of amides is 3. The third-order valence-corrected chi connectivity index (χ3v) is 6.44. The molecule has 5 rings (SSSR count). The summed E-state index contributed by atoms with van der Waals surface area (Å²) in [6.45, 7) is 2.84. The van der Waals surface area contributed by atoms with Gasteiger partial charge in [0.2, 0.25) is 11.8 Å². The zero-order valence-electron chi connectivity index (χ0n) is 17.8. The standard InChI is InChI=1S/C25H26N4O3/c30-22-9-8-21(24(31)28-22)29-15-19-3-1-2-18(23(19)25(29)32)14-27-20-6-4-16(5-7-20)17-10-12-26-13-11-17/h1-7,10,21,26-27H,8-9,11-15H2,(H,28,30,31). The number of benzene rings is 2. The van der Waals surface area contributed by atoms with Gasteiger partial charge in [0, 0.05) is 37.3 Å². The number of carbonyl (C=O) groups is 3. The second kappa shape index (κ2) is 8.59. The number of nitrogens with one attached hydrogen (secondary N) is 3.